The second-order valence-corrected chi connectivity index (χ2v) is 6.03. The standard InChI is InChI=1S/C14H19BrN2O/c1-9-3-2-4-10(9)8-17-14(18)12-7-11(15)5-6-13(12)16/h5-7,9-10H,2-4,8,16H2,1H3,(H,17,18). The second kappa shape index (κ2) is 5.74. The maximum atomic E-state index is 12.1. The Bertz CT molecular complexity index is 447. The zero-order valence-electron chi connectivity index (χ0n) is 10.6. The van der Waals surface area contributed by atoms with Gasteiger partial charge in [0.2, 0.25) is 0 Å². The number of halogens is 1. The molecule has 2 rings (SSSR count). The summed E-state index contributed by atoms with van der Waals surface area (Å²) in [5.41, 5.74) is 6.89. The van der Waals surface area contributed by atoms with Crippen molar-refractivity contribution in [1.82, 2.24) is 5.32 Å². The molecule has 0 bridgehead atoms. The fraction of sp³-hybridized carbons (Fsp3) is 0.500. The molecule has 1 saturated carbocycles. The first-order valence-corrected chi connectivity index (χ1v) is 7.20. The highest BCUT2D eigenvalue weighted by Gasteiger charge is 2.23. The van der Waals surface area contributed by atoms with Crippen LogP contribution in [0.3, 0.4) is 0 Å². The van der Waals surface area contributed by atoms with Gasteiger partial charge in [-0.3, -0.25) is 4.79 Å². The number of nitrogen functional groups attached to an aromatic ring is 1. The highest BCUT2D eigenvalue weighted by molar-refractivity contribution is 9.10. The Hall–Kier alpha value is -1.03. The minimum atomic E-state index is -0.0760. The van der Waals surface area contributed by atoms with Crippen molar-refractivity contribution in [3.63, 3.8) is 0 Å². The lowest BCUT2D eigenvalue weighted by molar-refractivity contribution is 0.0945. The molecule has 1 fully saturated rings. The van der Waals surface area contributed by atoms with Gasteiger partial charge < -0.3 is 11.1 Å². The quantitative estimate of drug-likeness (QED) is 0.842. The fourth-order valence-corrected chi connectivity index (χ4v) is 2.93. The number of anilines is 1. The molecule has 1 aliphatic rings. The zero-order chi connectivity index (χ0) is 13.1. The van der Waals surface area contributed by atoms with Gasteiger partial charge in [0.25, 0.3) is 5.91 Å². The number of carbonyl (C=O) groups is 1. The van der Waals surface area contributed by atoms with Crippen LogP contribution < -0.4 is 11.1 Å². The van der Waals surface area contributed by atoms with Crippen molar-refractivity contribution in [2.45, 2.75) is 26.2 Å². The van der Waals surface area contributed by atoms with Gasteiger partial charge in [0, 0.05) is 16.7 Å². The summed E-state index contributed by atoms with van der Waals surface area (Å²) in [5, 5.41) is 3.00. The van der Waals surface area contributed by atoms with Gasteiger partial charge in [-0.05, 0) is 36.5 Å². The lowest BCUT2D eigenvalue weighted by atomic mass is 9.98. The van der Waals surface area contributed by atoms with Gasteiger partial charge in [0.15, 0.2) is 0 Å². The fourth-order valence-electron chi connectivity index (χ4n) is 2.57. The highest BCUT2D eigenvalue weighted by atomic mass is 79.9. The van der Waals surface area contributed by atoms with Gasteiger partial charge in [-0.1, -0.05) is 35.7 Å². The van der Waals surface area contributed by atoms with Gasteiger partial charge in [-0.15, -0.1) is 0 Å². The molecule has 1 aliphatic carbocycles. The number of benzene rings is 1. The zero-order valence-corrected chi connectivity index (χ0v) is 12.2. The molecule has 0 saturated heterocycles. The molecule has 1 aromatic rings. The molecule has 0 heterocycles. The van der Waals surface area contributed by atoms with E-state index in [1.165, 1.54) is 19.3 Å². The van der Waals surface area contributed by atoms with Gasteiger partial charge in [-0.2, -0.15) is 0 Å². The van der Waals surface area contributed by atoms with Crippen LogP contribution in [0.5, 0.6) is 0 Å². The summed E-state index contributed by atoms with van der Waals surface area (Å²) in [7, 11) is 0. The van der Waals surface area contributed by atoms with E-state index >= 15 is 0 Å². The molecule has 98 valence electrons. The summed E-state index contributed by atoms with van der Waals surface area (Å²) in [6.45, 7) is 3.02. The predicted octanol–water partition coefficient (Wildman–Crippen LogP) is 3.20. The van der Waals surface area contributed by atoms with Crippen LogP contribution in [0.15, 0.2) is 22.7 Å². The van der Waals surface area contributed by atoms with Gasteiger partial charge in [-0.25, -0.2) is 0 Å². The summed E-state index contributed by atoms with van der Waals surface area (Å²) >= 11 is 3.36. The van der Waals surface area contributed by atoms with Crippen LogP contribution >= 0.6 is 15.9 Å². The van der Waals surface area contributed by atoms with Crippen molar-refractivity contribution in [3.05, 3.63) is 28.2 Å². The van der Waals surface area contributed by atoms with Crippen LogP contribution in [-0.4, -0.2) is 12.5 Å². The summed E-state index contributed by atoms with van der Waals surface area (Å²) in [6, 6.07) is 5.35. The molecule has 0 aromatic heterocycles. The minimum absolute atomic E-state index is 0.0760. The Balaban J connectivity index is 1.97. The third-order valence-electron chi connectivity index (χ3n) is 3.82. The molecule has 18 heavy (non-hydrogen) atoms. The van der Waals surface area contributed by atoms with Crippen molar-refractivity contribution < 1.29 is 4.79 Å². The monoisotopic (exact) mass is 310 g/mol. The Morgan fingerprint density at radius 1 is 1.50 bits per heavy atom. The minimum Gasteiger partial charge on any atom is -0.398 e. The lowest BCUT2D eigenvalue weighted by Crippen LogP contribution is -2.30. The molecule has 0 aliphatic heterocycles. The number of rotatable bonds is 3. The Morgan fingerprint density at radius 3 is 2.94 bits per heavy atom. The number of hydrogen-bond donors (Lipinski definition) is 2. The van der Waals surface area contributed by atoms with Crippen LogP contribution in [0.4, 0.5) is 5.69 Å². The third kappa shape index (κ3) is 3.05. The first-order chi connectivity index (χ1) is 8.58. The van der Waals surface area contributed by atoms with Crippen LogP contribution in [0, 0.1) is 11.8 Å². The summed E-state index contributed by atoms with van der Waals surface area (Å²) < 4.78 is 0.871. The van der Waals surface area contributed by atoms with Crippen LogP contribution in [0.2, 0.25) is 0 Å². The number of hydrogen-bond acceptors (Lipinski definition) is 2. The number of amides is 1. The van der Waals surface area contributed by atoms with Crippen molar-refractivity contribution in [2.75, 3.05) is 12.3 Å². The maximum absolute atomic E-state index is 12.1. The summed E-state index contributed by atoms with van der Waals surface area (Å²) in [5.74, 6) is 1.25. The van der Waals surface area contributed by atoms with Crippen molar-refractivity contribution in [1.29, 1.82) is 0 Å². The number of nitrogens with two attached hydrogens (primary N) is 1. The van der Waals surface area contributed by atoms with E-state index in [2.05, 4.69) is 28.2 Å². The first-order valence-electron chi connectivity index (χ1n) is 6.41. The lowest BCUT2D eigenvalue weighted by Gasteiger charge is -2.16. The molecular weight excluding hydrogens is 292 g/mol. The molecule has 4 heteroatoms. The first kappa shape index (κ1) is 13.4. The van der Waals surface area contributed by atoms with Gasteiger partial charge in [0.1, 0.15) is 0 Å². The van der Waals surface area contributed by atoms with E-state index in [9.17, 15) is 4.79 Å². The van der Waals surface area contributed by atoms with E-state index in [-0.39, 0.29) is 5.91 Å². The number of nitrogens with one attached hydrogen (secondary N) is 1. The van der Waals surface area contributed by atoms with E-state index in [4.69, 9.17) is 5.73 Å². The molecule has 2 atom stereocenters. The summed E-state index contributed by atoms with van der Waals surface area (Å²) in [4.78, 5) is 12.1. The highest BCUT2D eigenvalue weighted by Crippen LogP contribution is 2.30. The van der Waals surface area contributed by atoms with Crippen molar-refractivity contribution >= 4 is 27.5 Å². The number of carbonyl (C=O) groups excluding carboxylic acids is 1. The topological polar surface area (TPSA) is 55.1 Å². The third-order valence-corrected chi connectivity index (χ3v) is 4.32. The largest absolute Gasteiger partial charge is 0.398 e. The van der Waals surface area contributed by atoms with Crippen LogP contribution in [0.25, 0.3) is 0 Å². The smallest absolute Gasteiger partial charge is 0.253 e. The second-order valence-electron chi connectivity index (χ2n) is 5.11. The molecule has 1 amide bonds. The van der Waals surface area contributed by atoms with Gasteiger partial charge in [0.05, 0.1) is 5.56 Å². The van der Waals surface area contributed by atoms with E-state index < -0.39 is 0 Å². The van der Waals surface area contributed by atoms with Crippen molar-refractivity contribution in [2.24, 2.45) is 11.8 Å². The average Bonchev–Trinajstić information content (AvgIpc) is 2.75. The van der Waals surface area contributed by atoms with E-state index in [0.717, 1.165) is 11.0 Å². The van der Waals surface area contributed by atoms with Gasteiger partial charge >= 0.3 is 0 Å². The Kier molecular flexibility index (Phi) is 4.27. The molecule has 2 unspecified atom stereocenters. The molecular formula is C14H19BrN2O. The predicted molar refractivity (Wildman–Crippen MR) is 77.4 cm³/mol. The summed E-state index contributed by atoms with van der Waals surface area (Å²) in [6.07, 6.45) is 3.77. The van der Waals surface area contributed by atoms with Crippen molar-refractivity contribution in [3.8, 4) is 0 Å². The molecule has 0 radical (unpaired) electrons. The molecule has 3 N–H and O–H groups in total. The normalized spacial score (nSPS) is 23.0. The van der Waals surface area contributed by atoms with Crippen LogP contribution in [0.1, 0.15) is 36.5 Å². The molecule has 0 spiro atoms. The van der Waals surface area contributed by atoms with E-state index in [1.54, 1.807) is 12.1 Å². The molecule has 3 nitrogen and oxygen atoms in total. The van der Waals surface area contributed by atoms with Crippen LogP contribution in [-0.2, 0) is 0 Å². The maximum Gasteiger partial charge on any atom is 0.253 e. The Morgan fingerprint density at radius 2 is 2.28 bits per heavy atom. The average molecular weight is 311 g/mol. The van der Waals surface area contributed by atoms with E-state index in [1.807, 2.05) is 6.07 Å². The SMILES string of the molecule is CC1CCCC1CNC(=O)c1cc(Br)ccc1N. The van der Waals surface area contributed by atoms with E-state index in [0.29, 0.717) is 23.1 Å². The Labute approximate surface area is 116 Å². The molecule has 1 aromatic carbocycles.